The topological polar surface area (TPSA) is 29.5 Å². The van der Waals surface area contributed by atoms with Crippen molar-refractivity contribution in [2.45, 2.75) is 20.8 Å². The fourth-order valence-corrected chi connectivity index (χ4v) is 1.05. The smallest absolute Gasteiger partial charge is 0.126 e. The summed E-state index contributed by atoms with van der Waals surface area (Å²) in [5.74, 6) is 0.230. The number of hydrogen-bond donors (Lipinski definition) is 1. The van der Waals surface area contributed by atoms with Crippen LogP contribution in [0.25, 0.3) is 0 Å². The molecule has 2 nitrogen and oxygen atoms in total. The number of hydrogen-bond acceptors (Lipinski definition) is 2. The Morgan fingerprint density at radius 3 is 2.67 bits per heavy atom. The number of aliphatic hydroxyl groups is 1. The van der Waals surface area contributed by atoms with E-state index in [9.17, 15) is 4.39 Å². The maximum absolute atomic E-state index is 12.9. The second kappa shape index (κ2) is 4.62. The van der Waals surface area contributed by atoms with E-state index in [4.69, 9.17) is 9.84 Å². The molecule has 0 heterocycles. The Morgan fingerprint density at radius 1 is 1.40 bits per heavy atom. The molecule has 1 N–H and O–H groups in total. The van der Waals surface area contributed by atoms with Crippen molar-refractivity contribution in [3.8, 4) is 5.75 Å². The summed E-state index contributed by atoms with van der Waals surface area (Å²) in [5.41, 5.74) is 0.587. The molecule has 0 unspecified atom stereocenters. The zero-order valence-corrected chi connectivity index (χ0v) is 9.38. The monoisotopic (exact) mass is 212 g/mol. The van der Waals surface area contributed by atoms with Crippen LogP contribution in [0.2, 0.25) is 0 Å². The number of aryl methyl sites for hydroxylation is 1. The van der Waals surface area contributed by atoms with E-state index in [1.54, 1.807) is 6.07 Å². The van der Waals surface area contributed by atoms with Gasteiger partial charge in [-0.3, -0.25) is 0 Å². The zero-order valence-electron chi connectivity index (χ0n) is 9.38. The Bertz CT molecular complexity index is 334. The molecule has 1 aromatic rings. The van der Waals surface area contributed by atoms with Gasteiger partial charge in [0.15, 0.2) is 0 Å². The third kappa shape index (κ3) is 3.51. The number of rotatable bonds is 4. The summed E-state index contributed by atoms with van der Waals surface area (Å²) < 4.78 is 18.4. The van der Waals surface area contributed by atoms with Crippen LogP contribution in [0, 0.1) is 18.2 Å². The van der Waals surface area contributed by atoms with Crippen molar-refractivity contribution >= 4 is 0 Å². The van der Waals surface area contributed by atoms with Crippen LogP contribution >= 0.6 is 0 Å². The van der Waals surface area contributed by atoms with Crippen molar-refractivity contribution in [3.05, 3.63) is 29.6 Å². The average molecular weight is 212 g/mol. The predicted molar refractivity (Wildman–Crippen MR) is 57.5 cm³/mol. The fourth-order valence-electron chi connectivity index (χ4n) is 1.05. The summed E-state index contributed by atoms with van der Waals surface area (Å²) in [6, 6.07) is 4.44. The first-order valence-electron chi connectivity index (χ1n) is 4.94. The second-order valence-corrected chi connectivity index (χ2v) is 4.52. The summed E-state index contributed by atoms with van der Waals surface area (Å²) in [7, 11) is 0. The molecule has 1 aromatic carbocycles. The van der Waals surface area contributed by atoms with Gasteiger partial charge in [0, 0.05) is 11.5 Å². The van der Waals surface area contributed by atoms with Gasteiger partial charge in [-0.25, -0.2) is 4.39 Å². The molecule has 0 atom stereocenters. The minimum Gasteiger partial charge on any atom is -0.493 e. The van der Waals surface area contributed by atoms with Crippen LogP contribution in [0.1, 0.15) is 19.4 Å². The van der Waals surface area contributed by atoms with Crippen LogP contribution < -0.4 is 4.74 Å². The van der Waals surface area contributed by atoms with Gasteiger partial charge in [0.05, 0.1) is 13.2 Å². The number of ether oxygens (including phenoxy) is 1. The molecule has 0 amide bonds. The summed E-state index contributed by atoms with van der Waals surface area (Å²) in [5, 5.41) is 9.04. The van der Waals surface area contributed by atoms with Crippen molar-refractivity contribution in [2.24, 2.45) is 5.41 Å². The van der Waals surface area contributed by atoms with Crippen molar-refractivity contribution in [1.29, 1.82) is 0 Å². The Morgan fingerprint density at radius 2 is 2.07 bits per heavy atom. The Labute approximate surface area is 89.7 Å². The SMILES string of the molecule is Cc1ccc(F)cc1OCC(C)(C)CO. The van der Waals surface area contributed by atoms with Gasteiger partial charge >= 0.3 is 0 Å². The number of benzene rings is 1. The van der Waals surface area contributed by atoms with E-state index in [1.807, 2.05) is 20.8 Å². The van der Waals surface area contributed by atoms with E-state index in [1.165, 1.54) is 12.1 Å². The molecule has 0 radical (unpaired) electrons. The van der Waals surface area contributed by atoms with Crippen molar-refractivity contribution in [2.75, 3.05) is 13.2 Å². The fraction of sp³-hybridized carbons (Fsp3) is 0.500. The molecule has 0 saturated heterocycles. The lowest BCUT2D eigenvalue weighted by molar-refractivity contribution is 0.0970. The molecule has 1 rings (SSSR count). The van der Waals surface area contributed by atoms with E-state index < -0.39 is 0 Å². The normalized spacial score (nSPS) is 11.5. The lowest BCUT2D eigenvalue weighted by Gasteiger charge is -2.22. The van der Waals surface area contributed by atoms with Gasteiger partial charge in [0.25, 0.3) is 0 Å². The second-order valence-electron chi connectivity index (χ2n) is 4.52. The van der Waals surface area contributed by atoms with Crippen LogP contribution in [-0.4, -0.2) is 18.3 Å². The Kier molecular flexibility index (Phi) is 3.69. The van der Waals surface area contributed by atoms with E-state index >= 15 is 0 Å². The molecule has 0 aromatic heterocycles. The first-order chi connectivity index (χ1) is 6.94. The van der Waals surface area contributed by atoms with Gasteiger partial charge in [-0.1, -0.05) is 19.9 Å². The van der Waals surface area contributed by atoms with Crippen LogP contribution in [0.4, 0.5) is 4.39 Å². The summed E-state index contributed by atoms with van der Waals surface area (Å²) in [6.45, 7) is 6.05. The molecule has 0 saturated carbocycles. The van der Waals surface area contributed by atoms with E-state index in [-0.39, 0.29) is 17.8 Å². The largest absolute Gasteiger partial charge is 0.493 e. The van der Waals surface area contributed by atoms with Gasteiger partial charge in [0.1, 0.15) is 11.6 Å². The highest BCUT2D eigenvalue weighted by molar-refractivity contribution is 5.32. The lowest BCUT2D eigenvalue weighted by atomic mass is 9.96. The van der Waals surface area contributed by atoms with Gasteiger partial charge in [0.2, 0.25) is 0 Å². The predicted octanol–water partition coefficient (Wildman–Crippen LogP) is 2.53. The molecule has 15 heavy (non-hydrogen) atoms. The first-order valence-corrected chi connectivity index (χ1v) is 4.94. The highest BCUT2D eigenvalue weighted by Crippen LogP contribution is 2.22. The minimum absolute atomic E-state index is 0.0430. The minimum atomic E-state index is -0.308. The third-order valence-electron chi connectivity index (χ3n) is 2.20. The van der Waals surface area contributed by atoms with Crippen LogP contribution in [0.5, 0.6) is 5.75 Å². The van der Waals surface area contributed by atoms with E-state index in [2.05, 4.69) is 0 Å². The Balaban J connectivity index is 2.69. The van der Waals surface area contributed by atoms with E-state index in [0.717, 1.165) is 5.56 Å². The molecular formula is C12H17FO2. The van der Waals surface area contributed by atoms with Gasteiger partial charge in [-0.05, 0) is 18.6 Å². The van der Waals surface area contributed by atoms with Gasteiger partial charge in [-0.15, -0.1) is 0 Å². The molecule has 0 aliphatic carbocycles. The maximum atomic E-state index is 12.9. The van der Waals surface area contributed by atoms with Crippen LogP contribution in [0.15, 0.2) is 18.2 Å². The molecule has 0 fully saturated rings. The van der Waals surface area contributed by atoms with Crippen molar-refractivity contribution in [3.63, 3.8) is 0 Å². The molecular weight excluding hydrogens is 195 g/mol. The summed E-state index contributed by atoms with van der Waals surface area (Å²) in [4.78, 5) is 0. The van der Waals surface area contributed by atoms with Gasteiger partial charge < -0.3 is 9.84 Å². The molecule has 0 aliphatic heterocycles. The van der Waals surface area contributed by atoms with E-state index in [0.29, 0.717) is 12.4 Å². The molecule has 3 heteroatoms. The third-order valence-corrected chi connectivity index (χ3v) is 2.20. The quantitative estimate of drug-likeness (QED) is 0.831. The van der Waals surface area contributed by atoms with Crippen LogP contribution in [0.3, 0.4) is 0 Å². The maximum Gasteiger partial charge on any atom is 0.126 e. The summed E-state index contributed by atoms with van der Waals surface area (Å²) in [6.07, 6.45) is 0. The highest BCUT2D eigenvalue weighted by atomic mass is 19.1. The molecule has 84 valence electrons. The first kappa shape index (κ1) is 12.0. The molecule has 0 spiro atoms. The standard InChI is InChI=1S/C12H17FO2/c1-9-4-5-10(13)6-11(9)15-8-12(2,3)7-14/h4-6,14H,7-8H2,1-3H3. The van der Waals surface area contributed by atoms with Crippen molar-refractivity contribution < 1.29 is 14.2 Å². The highest BCUT2D eigenvalue weighted by Gasteiger charge is 2.17. The average Bonchev–Trinajstić information content (AvgIpc) is 2.20. The lowest BCUT2D eigenvalue weighted by Crippen LogP contribution is -2.25. The molecule has 0 bridgehead atoms. The van der Waals surface area contributed by atoms with Gasteiger partial charge in [-0.2, -0.15) is 0 Å². The number of halogens is 1. The summed E-state index contributed by atoms with van der Waals surface area (Å²) >= 11 is 0. The number of aliphatic hydroxyl groups excluding tert-OH is 1. The Hall–Kier alpha value is -1.09. The molecule has 0 aliphatic rings. The zero-order chi connectivity index (χ0) is 11.5. The van der Waals surface area contributed by atoms with Crippen LogP contribution in [-0.2, 0) is 0 Å². The van der Waals surface area contributed by atoms with Crippen molar-refractivity contribution in [1.82, 2.24) is 0 Å².